The van der Waals surface area contributed by atoms with Gasteiger partial charge in [-0.25, -0.2) is 10.2 Å². The van der Waals surface area contributed by atoms with Gasteiger partial charge in [0.05, 0.1) is 6.04 Å². The molecule has 0 saturated carbocycles. The van der Waals surface area contributed by atoms with Gasteiger partial charge in [0.1, 0.15) is 11.5 Å². The largest absolute Gasteiger partial charge is 0.457 e. The lowest BCUT2D eigenvalue weighted by atomic mass is 9.95. The minimum Gasteiger partial charge on any atom is -0.457 e. The normalized spacial score (nSPS) is 13.0. The summed E-state index contributed by atoms with van der Waals surface area (Å²) < 4.78 is 5.90. The molecule has 3 rings (SSSR count). The maximum absolute atomic E-state index is 12.1. The Morgan fingerprint density at radius 2 is 1.55 bits per heavy atom. The van der Waals surface area contributed by atoms with Crippen molar-refractivity contribution in [1.29, 1.82) is 0 Å². The minimum atomic E-state index is -0.273. The number of urea groups is 1. The molecule has 1 aliphatic rings. The number of carbonyl (C=O) groups is 1. The zero-order valence-corrected chi connectivity index (χ0v) is 12.6. The smallest absolute Gasteiger partial charge is 0.329 e. The van der Waals surface area contributed by atoms with Crippen LogP contribution < -0.4 is 20.9 Å². The highest BCUT2D eigenvalue weighted by Gasteiger charge is 2.27. The van der Waals surface area contributed by atoms with Crippen molar-refractivity contribution in [2.75, 3.05) is 0 Å². The van der Waals surface area contributed by atoms with Crippen molar-refractivity contribution in [2.45, 2.75) is 25.9 Å². The molecule has 0 saturated heterocycles. The molecule has 1 aliphatic heterocycles. The second-order valence-corrected chi connectivity index (χ2v) is 5.51. The molecular weight excluding hydrogens is 278 g/mol. The molecule has 0 fully saturated rings. The fourth-order valence-corrected chi connectivity index (χ4v) is 2.44. The zero-order valence-electron chi connectivity index (χ0n) is 12.6. The van der Waals surface area contributed by atoms with Crippen LogP contribution in [0.15, 0.2) is 48.5 Å². The summed E-state index contributed by atoms with van der Waals surface area (Å²) in [5.41, 5.74) is 7.43. The van der Waals surface area contributed by atoms with Crippen LogP contribution in [0, 0.1) is 0 Å². The van der Waals surface area contributed by atoms with Crippen LogP contribution in [0.3, 0.4) is 0 Å². The van der Waals surface area contributed by atoms with Crippen LogP contribution in [0.1, 0.15) is 31.0 Å². The standard InChI is InChI=1S/C17H19N3O2/c1-11(2)19-20-17(21)18-16-12-7-3-5-9-14(12)22-15-10-6-4-8-13(15)16/h3-11,16,19H,1-2H3,(H2,18,20,21). The van der Waals surface area contributed by atoms with E-state index in [2.05, 4.69) is 16.2 Å². The molecule has 1 heterocycles. The van der Waals surface area contributed by atoms with Gasteiger partial charge in [0.2, 0.25) is 0 Å². The molecule has 0 spiro atoms. The lowest BCUT2D eigenvalue weighted by Crippen LogP contribution is -2.48. The van der Waals surface area contributed by atoms with E-state index < -0.39 is 0 Å². The maximum atomic E-state index is 12.1. The van der Waals surface area contributed by atoms with Crippen LogP contribution in [-0.4, -0.2) is 12.1 Å². The van der Waals surface area contributed by atoms with E-state index in [-0.39, 0.29) is 18.1 Å². The van der Waals surface area contributed by atoms with Crippen LogP contribution in [0.2, 0.25) is 0 Å². The van der Waals surface area contributed by atoms with Gasteiger partial charge in [-0.05, 0) is 26.0 Å². The lowest BCUT2D eigenvalue weighted by Gasteiger charge is -2.29. The molecule has 3 N–H and O–H groups in total. The molecule has 0 unspecified atom stereocenters. The van der Waals surface area contributed by atoms with Crippen LogP contribution in [0.5, 0.6) is 11.5 Å². The Hall–Kier alpha value is -2.53. The Labute approximate surface area is 129 Å². The first kappa shape index (κ1) is 14.4. The third kappa shape index (κ3) is 2.89. The molecule has 0 bridgehead atoms. The third-order valence-electron chi connectivity index (χ3n) is 3.43. The highest BCUT2D eigenvalue weighted by Crippen LogP contribution is 2.42. The van der Waals surface area contributed by atoms with Gasteiger partial charge in [-0.15, -0.1) is 0 Å². The number of benzene rings is 2. The first-order chi connectivity index (χ1) is 10.6. The van der Waals surface area contributed by atoms with Gasteiger partial charge in [-0.1, -0.05) is 36.4 Å². The summed E-state index contributed by atoms with van der Waals surface area (Å²) in [6.07, 6.45) is 0. The fraction of sp³-hybridized carbons (Fsp3) is 0.235. The van der Waals surface area contributed by atoms with E-state index in [4.69, 9.17) is 4.74 Å². The minimum absolute atomic E-state index is 0.167. The molecule has 2 aromatic rings. The Kier molecular flexibility index (Phi) is 3.98. The highest BCUT2D eigenvalue weighted by molar-refractivity contribution is 5.75. The number of amides is 2. The maximum Gasteiger partial charge on any atom is 0.329 e. The van der Waals surface area contributed by atoms with Crippen LogP contribution in [-0.2, 0) is 0 Å². The Morgan fingerprint density at radius 1 is 1.00 bits per heavy atom. The first-order valence-corrected chi connectivity index (χ1v) is 7.33. The zero-order chi connectivity index (χ0) is 15.5. The molecule has 0 aliphatic carbocycles. The first-order valence-electron chi connectivity index (χ1n) is 7.33. The Bertz CT molecular complexity index is 640. The number of para-hydroxylation sites is 2. The monoisotopic (exact) mass is 297 g/mol. The number of nitrogens with one attached hydrogen (secondary N) is 3. The molecule has 22 heavy (non-hydrogen) atoms. The SMILES string of the molecule is CC(C)NNC(=O)NC1c2ccccc2Oc2ccccc21. The molecule has 114 valence electrons. The number of hydrogen-bond acceptors (Lipinski definition) is 3. The predicted octanol–water partition coefficient (Wildman–Crippen LogP) is 3.09. The highest BCUT2D eigenvalue weighted by atomic mass is 16.5. The van der Waals surface area contributed by atoms with Gasteiger partial charge in [-0.2, -0.15) is 0 Å². The van der Waals surface area contributed by atoms with Gasteiger partial charge >= 0.3 is 6.03 Å². The number of hydrogen-bond donors (Lipinski definition) is 3. The average Bonchev–Trinajstić information content (AvgIpc) is 2.52. The van der Waals surface area contributed by atoms with Gasteiger partial charge in [0.15, 0.2) is 0 Å². The molecule has 0 aromatic heterocycles. The topological polar surface area (TPSA) is 62.4 Å². The number of rotatable bonds is 3. The molecule has 0 radical (unpaired) electrons. The van der Waals surface area contributed by atoms with E-state index in [9.17, 15) is 4.79 Å². The predicted molar refractivity (Wildman–Crippen MR) is 84.7 cm³/mol. The summed E-state index contributed by atoms with van der Waals surface area (Å²) >= 11 is 0. The quantitative estimate of drug-likeness (QED) is 0.763. The second-order valence-electron chi connectivity index (χ2n) is 5.51. The van der Waals surface area contributed by atoms with E-state index >= 15 is 0 Å². The Balaban J connectivity index is 1.88. The van der Waals surface area contributed by atoms with Crippen molar-refractivity contribution >= 4 is 6.03 Å². The summed E-state index contributed by atoms with van der Waals surface area (Å²) in [4.78, 5) is 12.1. The number of hydrazine groups is 1. The van der Waals surface area contributed by atoms with Gasteiger partial charge < -0.3 is 10.1 Å². The van der Waals surface area contributed by atoms with E-state index in [0.717, 1.165) is 22.6 Å². The van der Waals surface area contributed by atoms with Gasteiger partial charge in [0, 0.05) is 17.2 Å². The van der Waals surface area contributed by atoms with Crippen LogP contribution >= 0.6 is 0 Å². The lowest BCUT2D eigenvalue weighted by molar-refractivity contribution is 0.231. The van der Waals surface area contributed by atoms with Crippen molar-refractivity contribution in [1.82, 2.24) is 16.2 Å². The second kappa shape index (κ2) is 6.07. The average molecular weight is 297 g/mol. The van der Waals surface area contributed by atoms with Crippen molar-refractivity contribution in [3.05, 3.63) is 59.7 Å². The summed E-state index contributed by atoms with van der Waals surface area (Å²) in [5.74, 6) is 1.53. The van der Waals surface area contributed by atoms with Crippen LogP contribution in [0.25, 0.3) is 0 Å². The van der Waals surface area contributed by atoms with Crippen molar-refractivity contribution in [3.63, 3.8) is 0 Å². The van der Waals surface area contributed by atoms with Gasteiger partial charge in [0.25, 0.3) is 0 Å². The fourth-order valence-electron chi connectivity index (χ4n) is 2.44. The van der Waals surface area contributed by atoms with Crippen molar-refractivity contribution in [2.24, 2.45) is 0 Å². The van der Waals surface area contributed by atoms with E-state index in [0.29, 0.717) is 0 Å². The molecule has 5 nitrogen and oxygen atoms in total. The number of carbonyl (C=O) groups excluding carboxylic acids is 1. The van der Waals surface area contributed by atoms with E-state index in [1.54, 1.807) is 0 Å². The Morgan fingerprint density at radius 3 is 2.09 bits per heavy atom. The summed E-state index contributed by atoms with van der Waals surface area (Å²) in [6.45, 7) is 3.92. The molecule has 2 aromatic carbocycles. The third-order valence-corrected chi connectivity index (χ3v) is 3.43. The van der Waals surface area contributed by atoms with E-state index in [1.807, 2.05) is 62.4 Å². The summed E-state index contributed by atoms with van der Waals surface area (Å²) in [7, 11) is 0. The molecule has 0 atom stereocenters. The van der Waals surface area contributed by atoms with Crippen LogP contribution in [0.4, 0.5) is 4.79 Å². The molecular formula is C17H19N3O2. The number of ether oxygens (including phenoxy) is 1. The molecule has 5 heteroatoms. The summed E-state index contributed by atoms with van der Waals surface area (Å²) in [6, 6.07) is 15.1. The van der Waals surface area contributed by atoms with Crippen molar-refractivity contribution in [3.8, 4) is 11.5 Å². The molecule has 2 amide bonds. The van der Waals surface area contributed by atoms with Gasteiger partial charge in [-0.3, -0.25) is 5.43 Å². The van der Waals surface area contributed by atoms with E-state index in [1.165, 1.54) is 0 Å². The van der Waals surface area contributed by atoms with Crippen molar-refractivity contribution < 1.29 is 9.53 Å². The summed E-state index contributed by atoms with van der Waals surface area (Å²) in [5, 5.41) is 2.99. The number of fused-ring (bicyclic) bond motifs is 2.